The normalized spacial score (nSPS) is 10.0. The van der Waals surface area contributed by atoms with Crippen molar-refractivity contribution in [1.82, 2.24) is 5.32 Å². The number of hydrogen-bond acceptors (Lipinski definition) is 6. The van der Waals surface area contributed by atoms with Crippen molar-refractivity contribution in [2.75, 3.05) is 25.0 Å². The van der Waals surface area contributed by atoms with Crippen molar-refractivity contribution < 1.29 is 19.2 Å². The zero-order valence-electron chi connectivity index (χ0n) is 14.2. The van der Waals surface area contributed by atoms with Gasteiger partial charge >= 0.3 is 5.97 Å². The molecule has 0 heterocycles. The van der Waals surface area contributed by atoms with Gasteiger partial charge in [-0.3, -0.25) is 14.9 Å². The number of carbonyl (C=O) groups is 2. The molecule has 0 saturated carbocycles. The van der Waals surface area contributed by atoms with Crippen molar-refractivity contribution in [2.24, 2.45) is 0 Å². The quantitative estimate of drug-likeness (QED) is 0.325. The van der Waals surface area contributed by atoms with Crippen LogP contribution in [0.25, 0.3) is 0 Å². The van der Waals surface area contributed by atoms with Crippen LogP contribution in [0.15, 0.2) is 48.5 Å². The van der Waals surface area contributed by atoms with E-state index >= 15 is 0 Å². The molecule has 1 amide bonds. The fraction of sp³-hybridized carbons (Fsp3) is 0.222. The third-order valence-electron chi connectivity index (χ3n) is 3.55. The molecule has 8 heteroatoms. The van der Waals surface area contributed by atoms with Crippen LogP contribution < -0.4 is 10.6 Å². The van der Waals surface area contributed by atoms with E-state index in [-0.39, 0.29) is 12.3 Å². The molecule has 0 aliphatic heterocycles. The van der Waals surface area contributed by atoms with E-state index in [1.165, 1.54) is 12.1 Å². The molecule has 0 fully saturated rings. The van der Waals surface area contributed by atoms with Gasteiger partial charge < -0.3 is 15.4 Å². The van der Waals surface area contributed by atoms with Gasteiger partial charge in [-0.1, -0.05) is 18.2 Å². The van der Waals surface area contributed by atoms with Crippen LogP contribution in [-0.2, 0) is 9.53 Å². The Balaban J connectivity index is 1.66. The van der Waals surface area contributed by atoms with Gasteiger partial charge in [-0.2, -0.15) is 0 Å². The Morgan fingerprint density at radius 2 is 1.77 bits per heavy atom. The van der Waals surface area contributed by atoms with Crippen molar-refractivity contribution in [3.8, 4) is 0 Å². The average Bonchev–Trinajstić information content (AvgIpc) is 2.64. The van der Waals surface area contributed by atoms with E-state index in [4.69, 9.17) is 4.74 Å². The number of benzene rings is 2. The first kappa shape index (κ1) is 18.9. The number of nitrogens with one attached hydrogen (secondary N) is 2. The standard InChI is InChI=1S/C18H19N3O5/c1-13-4-2-3-5-16(13)18(23)26-12-17(22)20-11-10-19-14-6-8-15(9-7-14)21(24)25/h2-9,19H,10-12H2,1H3,(H,20,22). The Hall–Kier alpha value is -3.42. The lowest BCUT2D eigenvalue weighted by atomic mass is 10.1. The topological polar surface area (TPSA) is 111 Å². The molecule has 2 rings (SSSR count). The number of esters is 1. The highest BCUT2D eigenvalue weighted by atomic mass is 16.6. The summed E-state index contributed by atoms with van der Waals surface area (Å²) in [6.45, 7) is 2.18. The second kappa shape index (κ2) is 9.16. The van der Waals surface area contributed by atoms with Crippen molar-refractivity contribution in [3.05, 3.63) is 69.8 Å². The average molecular weight is 357 g/mol. The molecule has 2 aromatic rings. The second-order valence-electron chi connectivity index (χ2n) is 5.47. The van der Waals surface area contributed by atoms with Crippen LogP contribution in [-0.4, -0.2) is 36.5 Å². The van der Waals surface area contributed by atoms with Crippen LogP contribution in [0.4, 0.5) is 11.4 Å². The smallest absolute Gasteiger partial charge is 0.338 e. The molecule has 2 N–H and O–H groups in total. The number of aryl methyl sites for hydroxylation is 1. The Bertz CT molecular complexity index is 790. The summed E-state index contributed by atoms with van der Waals surface area (Å²) < 4.78 is 4.99. The summed E-state index contributed by atoms with van der Waals surface area (Å²) in [5.74, 6) is -0.945. The van der Waals surface area contributed by atoms with E-state index in [0.29, 0.717) is 24.3 Å². The highest BCUT2D eigenvalue weighted by Crippen LogP contribution is 2.14. The van der Waals surface area contributed by atoms with Gasteiger partial charge in [0.15, 0.2) is 6.61 Å². The van der Waals surface area contributed by atoms with E-state index in [9.17, 15) is 19.7 Å². The SMILES string of the molecule is Cc1ccccc1C(=O)OCC(=O)NCCNc1ccc([N+](=O)[O-])cc1. The number of non-ortho nitro benzene ring substituents is 1. The minimum absolute atomic E-state index is 0.0133. The van der Waals surface area contributed by atoms with Gasteiger partial charge in [0.1, 0.15) is 0 Å². The molecule has 0 bridgehead atoms. The van der Waals surface area contributed by atoms with E-state index in [2.05, 4.69) is 10.6 Å². The predicted octanol–water partition coefficient (Wildman–Crippen LogP) is 2.29. The zero-order valence-corrected chi connectivity index (χ0v) is 14.2. The molecule has 8 nitrogen and oxygen atoms in total. The lowest BCUT2D eigenvalue weighted by Gasteiger charge is -2.09. The minimum Gasteiger partial charge on any atom is -0.452 e. The predicted molar refractivity (Wildman–Crippen MR) is 96.1 cm³/mol. The van der Waals surface area contributed by atoms with Crippen LogP contribution in [0.3, 0.4) is 0 Å². The molecular weight excluding hydrogens is 338 g/mol. The Labute approximate surface area is 150 Å². The highest BCUT2D eigenvalue weighted by molar-refractivity contribution is 5.92. The summed E-state index contributed by atoms with van der Waals surface area (Å²) in [5.41, 5.74) is 1.93. The fourth-order valence-electron chi connectivity index (χ4n) is 2.17. The molecule has 136 valence electrons. The second-order valence-corrected chi connectivity index (χ2v) is 5.47. The van der Waals surface area contributed by atoms with E-state index in [0.717, 1.165) is 5.56 Å². The number of anilines is 1. The number of amides is 1. The van der Waals surface area contributed by atoms with Gasteiger partial charge in [0.25, 0.3) is 11.6 Å². The fourth-order valence-corrected chi connectivity index (χ4v) is 2.17. The van der Waals surface area contributed by atoms with Crippen molar-refractivity contribution >= 4 is 23.3 Å². The van der Waals surface area contributed by atoms with Crippen molar-refractivity contribution in [2.45, 2.75) is 6.92 Å². The summed E-state index contributed by atoms with van der Waals surface area (Å²) in [4.78, 5) is 33.7. The number of nitro benzene ring substituents is 1. The summed E-state index contributed by atoms with van der Waals surface area (Å²) in [5, 5.41) is 16.2. The third kappa shape index (κ3) is 5.59. The maximum absolute atomic E-state index is 11.9. The molecule has 0 unspecified atom stereocenters. The maximum Gasteiger partial charge on any atom is 0.338 e. The van der Waals surface area contributed by atoms with Crippen molar-refractivity contribution in [3.63, 3.8) is 0 Å². The number of nitro groups is 1. The lowest BCUT2D eigenvalue weighted by molar-refractivity contribution is -0.384. The molecule has 0 aromatic heterocycles. The van der Waals surface area contributed by atoms with Gasteiger partial charge in [-0.05, 0) is 30.7 Å². The highest BCUT2D eigenvalue weighted by Gasteiger charge is 2.11. The van der Waals surface area contributed by atoms with Gasteiger partial charge in [0, 0.05) is 30.9 Å². The van der Waals surface area contributed by atoms with Crippen LogP contribution in [0.1, 0.15) is 15.9 Å². The molecule has 26 heavy (non-hydrogen) atoms. The van der Waals surface area contributed by atoms with E-state index in [1.54, 1.807) is 37.3 Å². The van der Waals surface area contributed by atoms with E-state index in [1.807, 2.05) is 6.07 Å². The van der Waals surface area contributed by atoms with Gasteiger partial charge in [0.2, 0.25) is 0 Å². The first-order chi connectivity index (χ1) is 12.5. The number of ether oxygens (including phenoxy) is 1. The van der Waals surface area contributed by atoms with Crippen molar-refractivity contribution in [1.29, 1.82) is 0 Å². The Morgan fingerprint density at radius 1 is 1.08 bits per heavy atom. The zero-order chi connectivity index (χ0) is 18.9. The Kier molecular flexibility index (Phi) is 6.67. The first-order valence-electron chi connectivity index (χ1n) is 7.95. The molecule has 0 saturated heterocycles. The molecule has 0 spiro atoms. The minimum atomic E-state index is -0.540. The molecule has 2 aromatic carbocycles. The monoisotopic (exact) mass is 357 g/mol. The van der Waals surface area contributed by atoms with Gasteiger partial charge in [-0.15, -0.1) is 0 Å². The van der Waals surface area contributed by atoms with Crippen LogP contribution in [0, 0.1) is 17.0 Å². The molecule has 0 atom stereocenters. The summed E-state index contributed by atoms with van der Waals surface area (Å²) in [6.07, 6.45) is 0. The molecule has 0 aliphatic carbocycles. The molecular formula is C18H19N3O5. The Morgan fingerprint density at radius 3 is 2.42 bits per heavy atom. The summed E-state index contributed by atoms with van der Waals surface area (Å²) in [7, 11) is 0. The van der Waals surface area contributed by atoms with Crippen LogP contribution in [0.5, 0.6) is 0 Å². The lowest BCUT2D eigenvalue weighted by Crippen LogP contribution is -2.32. The van der Waals surface area contributed by atoms with Gasteiger partial charge in [0.05, 0.1) is 10.5 Å². The number of nitrogens with zero attached hydrogens (tertiary/aromatic N) is 1. The molecule has 0 radical (unpaired) electrons. The maximum atomic E-state index is 11.9. The number of hydrogen-bond donors (Lipinski definition) is 2. The number of rotatable bonds is 8. The van der Waals surface area contributed by atoms with Crippen LogP contribution >= 0.6 is 0 Å². The van der Waals surface area contributed by atoms with Gasteiger partial charge in [-0.25, -0.2) is 4.79 Å². The summed E-state index contributed by atoms with van der Waals surface area (Å²) >= 11 is 0. The largest absolute Gasteiger partial charge is 0.452 e. The first-order valence-corrected chi connectivity index (χ1v) is 7.95. The number of carbonyl (C=O) groups excluding carboxylic acids is 2. The van der Waals surface area contributed by atoms with E-state index < -0.39 is 16.8 Å². The van der Waals surface area contributed by atoms with Crippen LogP contribution in [0.2, 0.25) is 0 Å². The summed E-state index contributed by atoms with van der Waals surface area (Å²) in [6, 6.07) is 12.9. The third-order valence-corrected chi connectivity index (χ3v) is 3.55. The molecule has 0 aliphatic rings.